The molecule has 132 valence electrons. The number of carbonyl (C=O) groups excluding carboxylic acids is 2. The number of alkyl carbamates (subject to hydrolysis) is 1. The van der Waals surface area contributed by atoms with Crippen LogP contribution in [-0.4, -0.2) is 48.4 Å². The molecule has 0 aliphatic heterocycles. The first kappa shape index (κ1) is 19.8. The van der Waals surface area contributed by atoms with Gasteiger partial charge in [0.15, 0.2) is 5.01 Å². The Morgan fingerprint density at radius 3 is 2.96 bits per heavy atom. The number of thiazole rings is 1. The first-order chi connectivity index (χ1) is 11.6. The Morgan fingerprint density at radius 2 is 2.25 bits per heavy atom. The van der Waals surface area contributed by atoms with Crippen LogP contribution in [0, 0.1) is 0 Å². The number of aromatic nitrogens is 1. The minimum atomic E-state index is -0.579. The van der Waals surface area contributed by atoms with E-state index in [4.69, 9.17) is 15.6 Å². The third-order valence-electron chi connectivity index (χ3n) is 2.74. The number of nitrogens with two attached hydrogens (primary N) is 1. The molecule has 1 aromatic rings. The Balaban J connectivity index is 2.36. The maximum absolute atomic E-state index is 11.7. The minimum absolute atomic E-state index is 0.136. The van der Waals surface area contributed by atoms with Gasteiger partial charge < -0.3 is 26.2 Å². The average molecular weight is 354 g/mol. The highest BCUT2D eigenvalue weighted by Gasteiger charge is 2.15. The van der Waals surface area contributed by atoms with Gasteiger partial charge in [-0.05, 0) is 6.42 Å². The van der Waals surface area contributed by atoms with Gasteiger partial charge in [0, 0.05) is 18.5 Å². The van der Waals surface area contributed by atoms with Gasteiger partial charge in [0.25, 0.3) is 5.91 Å². The number of amides is 2. The molecule has 0 radical (unpaired) electrons. The van der Waals surface area contributed by atoms with Crippen LogP contribution in [0.3, 0.4) is 0 Å². The van der Waals surface area contributed by atoms with E-state index in [1.54, 1.807) is 17.5 Å². The molecule has 1 atom stereocenters. The molecule has 0 aromatic carbocycles. The van der Waals surface area contributed by atoms with Crippen LogP contribution in [0.1, 0.15) is 28.0 Å². The van der Waals surface area contributed by atoms with Crippen molar-refractivity contribution in [3.05, 3.63) is 40.9 Å². The van der Waals surface area contributed by atoms with Crippen LogP contribution >= 0.6 is 11.3 Å². The summed E-state index contributed by atoms with van der Waals surface area (Å²) in [5, 5.41) is 15.6. The number of aliphatic hydroxyl groups is 1. The van der Waals surface area contributed by atoms with E-state index in [9.17, 15) is 9.59 Å². The van der Waals surface area contributed by atoms with Crippen LogP contribution in [0.25, 0.3) is 0 Å². The van der Waals surface area contributed by atoms with E-state index >= 15 is 0 Å². The predicted octanol–water partition coefficient (Wildman–Crippen LogP) is 0.724. The van der Waals surface area contributed by atoms with Crippen molar-refractivity contribution in [2.75, 3.05) is 26.3 Å². The molecule has 2 amide bonds. The molecule has 0 saturated carbocycles. The van der Waals surface area contributed by atoms with Crippen molar-refractivity contribution in [3.63, 3.8) is 0 Å². The summed E-state index contributed by atoms with van der Waals surface area (Å²) in [6, 6.07) is -0.551. The lowest BCUT2D eigenvalue weighted by molar-refractivity contribution is 0.0944. The van der Waals surface area contributed by atoms with Crippen LogP contribution in [-0.2, 0) is 4.74 Å². The molecule has 0 saturated heterocycles. The monoisotopic (exact) mass is 354 g/mol. The summed E-state index contributed by atoms with van der Waals surface area (Å²) < 4.78 is 4.93. The third-order valence-corrected chi connectivity index (χ3v) is 3.60. The normalized spacial score (nSPS) is 11.9. The molecule has 1 rings (SSSR count). The van der Waals surface area contributed by atoms with Crippen LogP contribution < -0.4 is 16.4 Å². The van der Waals surface area contributed by atoms with Crippen molar-refractivity contribution in [2.45, 2.75) is 12.5 Å². The SMILES string of the molecule is C=CCC=CCOC(=O)NCC(N)c1csc(C(=O)NCCO)n1. The fourth-order valence-electron chi connectivity index (χ4n) is 1.54. The highest BCUT2D eigenvalue weighted by molar-refractivity contribution is 7.11. The van der Waals surface area contributed by atoms with Gasteiger partial charge in [-0.1, -0.05) is 18.2 Å². The quantitative estimate of drug-likeness (QED) is 0.459. The number of hydrogen-bond acceptors (Lipinski definition) is 7. The van der Waals surface area contributed by atoms with E-state index in [1.165, 1.54) is 0 Å². The van der Waals surface area contributed by atoms with Gasteiger partial charge in [0.05, 0.1) is 18.3 Å². The maximum Gasteiger partial charge on any atom is 0.407 e. The summed E-state index contributed by atoms with van der Waals surface area (Å²) >= 11 is 1.15. The topological polar surface area (TPSA) is 127 Å². The van der Waals surface area contributed by atoms with Crippen molar-refractivity contribution in [3.8, 4) is 0 Å². The van der Waals surface area contributed by atoms with E-state index in [0.717, 1.165) is 11.3 Å². The largest absolute Gasteiger partial charge is 0.445 e. The lowest BCUT2D eigenvalue weighted by atomic mass is 10.2. The Hall–Kier alpha value is -2.23. The van der Waals surface area contributed by atoms with Crippen LogP contribution in [0.15, 0.2) is 30.2 Å². The number of nitrogens with zero attached hydrogens (tertiary/aromatic N) is 1. The summed E-state index contributed by atoms with van der Waals surface area (Å²) in [5.41, 5.74) is 6.43. The minimum Gasteiger partial charge on any atom is -0.445 e. The van der Waals surface area contributed by atoms with Crippen molar-refractivity contribution in [1.29, 1.82) is 0 Å². The molecule has 5 N–H and O–H groups in total. The number of allylic oxidation sites excluding steroid dienone is 2. The molecule has 1 unspecified atom stereocenters. The number of aliphatic hydroxyl groups excluding tert-OH is 1. The molecule has 1 heterocycles. The molecule has 9 heteroatoms. The molecular weight excluding hydrogens is 332 g/mol. The molecule has 8 nitrogen and oxygen atoms in total. The molecule has 0 aliphatic rings. The fourth-order valence-corrected chi connectivity index (χ4v) is 2.34. The third kappa shape index (κ3) is 7.36. The zero-order valence-corrected chi connectivity index (χ0v) is 14.1. The molecule has 0 aliphatic carbocycles. The van der Waals surface area contributed by atoms with Crippen molar-refractivity contribution < 1.29 is 19.4 Å². The average Bonchev–Trinajstić information content (AvgIpc) is 3.07. The van der Waals surface area contributed by atoms with E-state index in [-0.39, 0.29) is 37.2 Å². The number of carbonyl (C=O) groups is 2. The van der Waals surface area contributed by atoms with Gasteiger partial charge in [0.1, 0.15) is 6.61 Å². The number of nitrogens with one attached hydrogen (secondary N) is 2. The number of ether oxygens (including phenoxy) is 1. The summed E-state index contributed by atoms with van der Waals surface area (Å²) in [4.78, 5) is 27.3. The van der Waals surface area contributed by atoms with Gasteiger partial charge in [0.2, 0.25) is 0 Å². The van der Waals surface area contributed by atoms with Gasteiger partial charge in [-0.25, -0.2) is 9.78 Å². The number of rotatable bonds is 10. The number of hydrogen-bond donors (Lipinski definition) is 4. The van der Waals surface area contributed by atoms with Gasteiger partial charge >= 0.3 is 6.09 Å². The van der Waals surface area contributed by atoms with E-state index in [2.05, 4.69) is 22.2 Å². The fraction of sp³-hybridized carbons (Fsp3) is 0.400. The lowest BCUT2D eigenvalue weighted by Gasteiger charge is -2.10. The second kappa shape index (κ2) is 11.3. The summed E-state index contributed by atoms with van der Waals surface area (Å²) in [5.74, 6) is -0.369. The second-order valence-corrected chi connectivity index (χ2v) is 5.50. The second-order valence-electron chi connectivity index (χ2n) is 4.64. The predicted molar refractivity (Wildman–Crippen MR) is 91.8 cm³/mol. The Kier molecular flexibility index (Phi) is 9.35. The van der Waals surface area contributed by atoms with E-state index < -0.39 is 12.1 Å². The van der Waals surface area contributed by atoms with E-state index in [0.29, 0.717) is 12.1 Å². The molecule has 0 spiro atoms. The van der Waals surface area contributed by atoms with Gasteiger partial charge in [-0.2, -0.15) is 0 Å². The lowest BCUT2D eigenvalue weighted by Crippen LogP contribution is -2.32. The smallest absolute Gasteiger partial charge is 0.407 e. The molecule has 0 bridgehead atoms. The Bertz CT molecular complexity index is 574. The molecule has 1 aromatic heterocycles. The van der Waals surface area contributed by atoms with Crippen LogP contribution in [0.2, 0.25) is 0 Å². The van der Waals surface area contributed by atoms with Gasteiger partial charge in [-0.15, -0.1) is 17.9 Å². The summed E-state index contributed by atoms with van der Waals surface area (Å²) in [6.45, 7) is 3.90. The first-order valence-electron chi connectivity index (χ1n) is 7.35. The maximum atomic E-state index is 11.7. The molecular formula is C15H22N4O4S. The summed E-state index contributed by atoms with van der Waals surface area (Å²) in [6.07, 6.45) is 5.43. The van der Waals surface area contributed by atoms with Crippen molar-refractivity contribution in [1.82, 2.24) is 15.6 Å². The van der Waals surface area contributed by atoms with Crippen molar-refractivity contribution >= 4 is 23.3 Å². The van der Waals surface area contributed by atoms with Crippen molar-refractivity contribution in [2.24, 2.45) is 5.73 Å². The highest BCUT2D eigenvalue weighted by Crippen LogP contribution is 2.14. The standard InChI is InChI=1S/C15H22N4O4S/c1-2-3-4-5-8-23-15(22)18-9-11(16)12-10-24-14(19-12)13(21)17-6-7-20/h2,4-5,10-11,20H,1,3,6-9,16H2,(H,17,21)(H,18,22). The Morgan fingerprint density at radius 1 is 1.46 bits per heavy atom. The molecule has 24 heavy (non-hydrogen) atoms. The zero-order chi connectivity index (χ0) is 17.8. The summed E-state index contributed by atoms with van der Waals surface area (Å²) in [7, 11) is 0. The first-order valence-corrected chi connectivity index (χ1v) is 8.23. The van der Waals surface area contributed by atoms with Gasteiger partial charge in [-0.3, -0.25) is 4.79 Å². The van der Waals surface area contributed by atoms with E-state index in [1.807, 2.05) is 6.08 Å². The molecule has 0 fully saturated rings. The van der Waals surface area contributed by atoms with Crippen LogP contribution in [0.4, 0.5) is 4.79 Å². The zero-order valence-electron chi connectivity index (χ0n) is 13.2. The Labute approximate surface area is 144 Å². The highest BCUT2D eigenvalue weighted by atomic mass is 32.1. The van der Waals surface area contributed by atoms with Crippen LogP contribution in [0.5, 0.6) is 0 Å².